The summed E-state index contributed by atoms with van der Waals surface area (Å²) in [6, 6.07) is 2.71. The summed E-state index contributed by atoms with van der Waals surface area (Å²) in [7, 11) is 1.43. The van der Waals surface area contributed by atoms with E-state index in [1.54, 1.807) is 0 Å². The van der Waals surface area contributed by atoms with Crippen LogP contribution in [-0.4, -0.2) is 38.0 Å². The van der Waals surface area contributed by atoms with Crippen LogP contribution in [0.2, 0.25) is 5.02 Å². The molecule has 1 N–H and O–H groups in total. The number of carboxylic acids is 1. The molecule has 1 rings (SSSR count). The molecule has 0 aliphatic heterocycles. The number of methoxy groups -OCH3 is 1. The Labute approximate surface area is 129 Å². The molecule has 1 aromatic rings. The minimum Gasteiger partial charge on any atom is -0.493 e. The number of halogens is 1. The lowest BCUT2D eigenvalue weighted by atomic mass is 10.1. The Morgan fingerprint density at radius 2 is 2.00 bits per heavy atom. The second-order valence-electron chi connectivity index (χ2n) is 4.94. The second kappa shape index (κ2) is 8.74. The Morgan fingerprint density at radius 3 is 2.57 bits per heavy atom. The monoisotopic (exact) mass is 316 g/mol. The molecule has 0 aliphatic rings. The van der Waals surface area contributed by atoms with Crippen molar-refractivity contribution >= 4 is 17.6 Å². The molecule has 0 unspecified atom stereocenters. The van der Waals surface area contributed by atoms with Crippen molar-refractivity contribution in [1.29, 1.82) is 0 Å². The second-order valence-corrected chi connectivity index (χ2v) is 5.35. The Hall–Kier alpha value is -1.46. The highest BCUT2D eigenvalue weighted by Gasteiger charge is 2.15. The van der Waals surface area contributed by atoms with E-state index < -0.39 is 5.97 Å². The van der Waals surface area contributed by atoms with E-state index in [0.29, 0.717) is 37.2 Å². The standard InChI is InChI=1S/C15H21ClO5/c1-10(2)4-5-20-6-7-21-14-12(16)8-11(15(17)18)9-13(14)19-3/h8-10H,4-7H2,1-3H3,(H,17,18). The van der Waals surface area contributed by atoms with Crippen molar-refractivity contribution in [2.24, 2.45) is 5.92 Å². The molecule has 0 atom stereocenters. The summed E-state index contributed by atoms with van der Waals surface area (Å²) in [5, 5.41) is 9.17. The molecular formula is C15H21ClO5. The van der Waals surface area contributed by atoms with Crippen LogP contribution in [0.3, 0.4) is 0 Å². The lowest BCUT2D eigenvalue weighted by molar-refractivity contribution is 0.0696. The maximum Gasteiger partial charge on any atom is 0.335 e. The third kappa shape index (κ3) is 5.81. The van der Waals surface area contributed by atoms with Gasteiger partial charge >= 0.3 is 5.97 Å². The molecule has 1 aromatic carbocycles. The first-order chi connectivity index (χ1) is 9.95. The molecule has 0 aromatic heterocycles. The van der Waals surface area contributed by atoms with Gasteiger partial charge in [0.05, 0.1) is 24.3 Å². The van der Waals surface area contributed by atoms with Gasteiger partial charge in [-0.05, 0) is 24.5 Å². The number of aromatic carboxylic acids is 1. The largest absolute Gasteiger partial charge is 0.493 e. The van der Waals surface area contributed by atoms with Crippen LogP contribution in [-0.2, 0) is 4.74 Å². The number of benzene rings is 1. The van der Waals surface area contributed by atoms with E-state index in [9.17, 15) is 4.79 Å². The van der Waals surface area contributed by atoms with Crippen LogP contribution in [0.5, 0.6) is 11.5 Å². The van der Waals surface area contributed by atoms with E-state index >= 15 is 0 Å². The Morgan fingerprint density at radius 1 is 1.29 bits per heavy atom. The van der Waals surface area contributed by atoms with E-state index in [4.69, 9.17) is 30.9 Å². The van der Waals surface area contributed by atoms with Crippen molar-refractivity contribution in [1.82, 2.24) is 0 Å². The average molecular weight is 317 g/mol. The van der Waals surface area contributed by atoms with Gasteiger partial charge in [0.25, 0.3) is 0 Å². The summed E-state index contributed by atoms with van der Waals surface area (Å²) < 4.78 is 16.1. The highest BCUT2D eigenvalue weighted by Crippen LogP contribution is 2.36. The summed E-state index contributed by atoms with van der Waals surface area (Å²) in [5.74, 6) is 0.154. The molecule has 0 saturated carbocycles. The van der Waals surface area contributed by atoms with Gasteiger partial charge in [-0.1, -0.05) is 25.4 Å². The molecule has 0 radical (unpaired) electrons. The zero-order valence-corrected chi connectivity index (χ0v) is 13.3. The van der Waals surface area contributed by atoms with E-state index in [2.05, 4.69) is 13.8 Å². The van der Waals surface area contributed by atoms with Crippen molar-refractivity contribution in [2.45, 2.75) is 20.3 Å². The maximum absolute atomic E-state index is 10.9. The number of carbonyl (C=O) groups is 1. The average Bonchev–Trinajstić information content (AvgIpc) is 2.42. The predicted octanol–water partition coefficient (Wildman–Crippen LogP) is 3.49. The first-order valence-electron chi connectivity index (χ1n) is 6.77. The van der Waals surface area contributed by atoms with Crippen LogP contribution in [0.15, 0.2) is 12.1 Å². The molecule has 0 bridgehead atoms. The highest BCUT2D eigenvalue weighted by molar-refractivity contribution is 6.32. The van der Waals surface area contributed by atoms with Crippen LogP contribution in [0.25, 0.3) is 0 Å². The van der Waals surface area contributed by atoms with Crippen molar-refractivity contribution in [2.75, 3.05) is 26.9 Å². The Balaban J connectivity index is 2.56. The minimum atomic E-state index is -1.07. The van der Waals surface area contributed by atoms with Gasteiger partial charge in [-0.2, -0.15) is 0 Å². The number of hydrogen-bond donors (Lipinski definition) is 1. The smallest absolute Gasteiger partial charge is 0.335 e. The fraction of sp³-hybridized carbons (Fsp3) is 0.533. The van der Waals surface area contributed by atoms with Crippen LogP contribution in [0.4, 0.5) is 0 Å². The highest BCUT2D eigenvalue weighted by atomic mass is 35.5. The Bertz CT molecular complexity index is 473. The molecule has 0 amide bonds. The van der Waals surface area contributed by atoms with Crippen LogP contribution < -0.4 is 9.47 Å². The third-order valence-electron chi connectivity index (χ3n) is 2.79. The van der Waals surface area contributed by atoms with Gasteiger partial charge in [-0.25, -0.2) is 4.79 Å². The van der Waals surface area contributed by atoms with Crippen molar-refractivity contribution in [3.05, 3.63) is 22.7 Å². The molecule has 0 spiro atoms. The van der Waals surface area contributed by atoms with Gasteiger partial charge < -0.3 is 19.3 Å². The first-order valence-corrected chi connectivity index (χ1v) is 7.14. The van der Waals surface area contributed by atoms with E-state index in [1.165, 1.54) is 19.2 Å². The van der Waals surface area contributed by atoms with Crippen molar-refractivity contribution in [3.8, 4) is 11.5 Å². The quantitative estimate of drug-likeness (QED) is 0.706. The molecule has 5 nitrogen and oxygen atoms in total. The summed E-state index contributed by atoms with van der Waals surface area (Å²) in [5.41, 5.74) is 0.0531. The zero-order valence-electron chi connectivity index (χ0n) is 12.5. The molecule has 0 heterocycles. The maximum atomic E-state index is 10.9. The SMILES string of the molecule is COc1cc(C(=O)O)cc(Cl)c1OCCOCCC(C)C. The molecule has 118 valence electrons. The van der Waals surface area contributed by atoms with Gasteiger partial charge in [0.15, 0.2) is 11.5 Å². The fourth-order valence-corrected chi connectivity index (χ4v) is 1.87. The topological polar surface area (TPSA) is 65.0 Å². The van der Waals surface area contributed by atoms with E-state index in [-0.39, 0.29) is 10.6 Å². The van der Waals surface area contributed by atoms with Crippen molar-refractivity contribution in [3.63, 3.8) is 0 Å². The van der Waals surface area contributed by atoms with E-state index in [0.717, 1.165) is 6.42 Å². The van der Waals surface area contributed by atoms with E-state index in [1.807, 2.05) is 0 Å². The lowest BCUT2D eigenvalue weighted by Gasteiger charge is -2.13. The Kier molecular flexibility index (Phi) is 7.32. The molecule has 0 saturated heterocycles. The third-order valence-corrected chi connectivity index (χ3v) is 3.07. The number of ether oxygens (including phenoxy) is 3. The van der Waals surface area contributed by atoms with Gasteiger partial charge in [-0.15, -0.1) is 0 Å². The molecule has 0 aliphatic carbocycles. The summed E-state index contributed by atoms with van der Waals surface area (Å²) in [6.45, 7) is 5.71. The van der Waals surface area contributed by atoms with Gasteiger partial charge in [0.2, 0.25) is 0 Å². The van der Waals surface area contributed by atoms with Gasteiger partial charge in [-0.3, -0.25) is 0 Å². The van der Waals surface area contributed by atoms with Gasteiger partial charge in [0, 0.05) is 6.61 Å². The van der Waals surface area contributed by atoms with Gasteiger partial charge in [0.1, 0.15) is 6.61 Å². The van der Waals surface area contributed by atoms with Crippen LogP contribution in [0, 0.1) is 5.92 Å². The van der Waals surface area contributed by atoms with Crippen molar-refractivity contribution < 1.29 is 24.1 Å². The number of rotatable bonds is 9. The lowest BCUT2D eigenvalue weighted by Crippen LogP contribution is -2.10. The summed E-state index contributed by atoms with van der Waals surface area (Å²) in [6.07, 6.45) is 0.997. The zero-order chi connectivity index (χ0) is 15.8. The molecule has 21 heavy (non-hydrogen) atoms. The predicted molar refractivity (Wildman–Crippen MR) is 80.7 cm³/mol. The minimum absolute atomic E-state index is 0.0531. The van der Waals surface area contributed by atoms with Crippen LogP contribution in [0.1, 0.15) is 30.6 Å². The fourth-order valence-electron chi connectivity index (χ4n) is 1.61. The number of hydrogen-bond acceptors (Lipinski definition) is 4. The first kappa shape index (κ1) is 17.6. The molecular weight excluding hydrogens is 296 g/mol. The summed E-state index contributed by atoms with van der Waals surface area (Å²) >= 11 is 6.03. The molecule has 6 heteroatoms. The number of carboxylic acid groups (broad SMARTS) is 1. The van der Waals surface area contributed by atoms with Crippen LogP contribution >= 0.6 is 11.6 Å². The normalized spacial score (nSPS) is 10.7. The molecule has 0 fully saturated rings. The summed E-state index contributed by atoms with van der Waals surface area (Å²) in [4.78, 5) is 10.9.